The third-order valence-corrected chi connectivity index (χ3v) is 5.34. The molecule has 1 saturated heterocycles. The van der Waals surface area contributed by atoms with Gasteiger partial charge >= 0.3 is 0 Å². The molecule has 0 unspecified atom stereocenters. The van der Waals surface area contributed by atoms with E-state index in [-0.39, 0.29) is 17.1 Å². The normalized spacial score (nSPS) is 15.9. The number of hydrogen-bond donors (Lipinski definition) is 1. The van der Waals surface area contributed by atoms with Crippen LogP contribution in [-0.2, 0) is 21.4 Å². The Balaban J connectivity index is 1.61. The highest BCUT2D eigenvalue weighted by molar-refractivity contribution is 5.76. The van der Waals surface area contributed by atoms with Gasteiger partial charge in [-0.05, 0) is 48.6 Å². The summed E-state index contributed by atoms with van der Waals surface area (Å²) in [6.45, 7) is 1.83. The van der Waals surface area contributed by atoms with E-state index in [4.69, 9.17) is 9.47 Å². The molecule has 0 aromatic heterocycles. The zero-order valence-electron chi connectivity index (χ0n) is 15.7. The van der Waals surface area contributed by atoms with E-state index >= 15 is 0 Å². The lowest BCUT2D eigenvalue weighted by Crippen LogP contribution is -2.44. The van der Waals surface area contributed by atoms with Crippen molar-refractivity contribution >= 4 is 5.91 Å². The standard InChI is InChI=1S/C22H26FNO3/c1-26-20-5-3-2-4-17(20)6-11-21(25)24-16-22(12-14-27-15-13-22)18-7-9-19(23)10-8-18/h2-5,7-10H,6,11-16H2,1H3,(H,24,25). The van der Waals surface area contributed by atoms with Crippen molar-refractivity contribution in [3.63, 3.8) is 0 Å². The van der Waals surface area contributed by atoms with E-state index in [0.29, 0.717) is 32.6 Å². The van der Waals surface area contributed by atoms with Crippen molar-refractivity contribution in [2.75, 3.05) is 26.9 Å². The number of ether oxygens (including phenoxy) is 2. The Hall–Kier alpha value is -2.40. The molecule has 27 heavy (non-hydrogen) atoms. The number of rotatable bonds is 7. The van der Waals surface area contributed by atoms with Crippen LogP contribution in [0.25, 0.3) is 0 Å². The third kappa shape index (κ3) is 4.86. The molecular formula is C22H26FNO3. The minimum absolute atomic E-state index is 0.00823. The number of carbonyl (C=O) groups excluding carboxylic acids is 1. The molecule has 0 bridgehead atoms. The predicted octanol–water partition coefficient (Wildman–Crippen LogP) is 3.63. The highest BCUT2D eigenvalue weighted by atomic mass is 19.1. The van der Waals surface area contributed by atoms with Gasteiger partial charge in [0, 0.05) is 31.6 Å². The molecule has 4 nitrogen and oxygen atoms in total. The second kappa shape index (κ2) is 9.00. The highest BCUT2D eigenvalue weighted by Gasteiger charge is 2.34. The fourth-order valence-corrected chi connectivity index (χ4v) is 3.65. The predicted molar refractivity (Wildman–Crippen MR) is 102 cm³/mol. The quantitative estimate of drug-likeness (QED) is 0.808. The molecule has 0 spiro atoms. The van der Waals surface area contributed by atoms with E-state index in [2.05, 4.69) is 5.32 Å². The Labute approximate surface area is 159 Å². The molecule has 1 aliphatic heterocycles. The van der Waals surface area contributed by atoms with Gasteiger partial charge < -0.3 is 14.8 Å². The molecule has 0 radical (unpaired) electrons. The topological polar surface area (TPSA) is 47.6 Å². The first-order chi connectivity index (χ1) is 13.1. The molecule has 5 heteroatoms. The number of nitrogens with one attached hydrogen (secondary N) is 1. The second-order valence-corrected chi connectivity index (χ2v) is 6.99. The largest absolute Gasteiger partial charge is 0.496 e. The first kappa shape index (κ1) is 19.4. The second-order valence-electron chi connectivity index (χ2n) is 6.99. The first-order valence-corrected chi connectivity index (χ1v) is 9.35. The van der Waals surface area contributed by atoms with Gasteiger partial charge in [0.05, 0.1) is 7.11 Å². The van der Waals surface area contributed by atoms with Crippen molar-refractivity contribution in [3.05, 3.63) is 65.5 Å². The molecule has 3 rings (SSSR count). The molecule has 144 valence electrons. The Morgan fingerprint density at radius 1 is 1.15 bits per heavy atom. The summed E-state index contributed by atoms with van der Waals surface area (Å²) < 4.78 is 24.2. The van der Waals surface area contributed by atoms with E-state index < -0.39 is 0 Å². The summed E-state index contributed by atoms with van der Waals surface area (Å²) in [6, 6.07) is 14.3. The van der Waals surface area contributed by atoms with Crippen LogP contribution in [0.3, 0.4) is 0 Å². The summed E-state index contributed by atoms with van der Waals surface area (Å²) in [5, 5.41) is 3.08. The van der Waals surface area contributed by atoms with Gasteiger partial charge in [-0.15, -0.1) is 0 Å². The van der Waals surface area contributed by atoms with Crippen LogP contribution in [0.1, 0.15) is 30.4 Å². The number of para-hydroxylation sites is 1. The van der Waals surface area contributed by atoms with Crippen LogP contribution in [0.15, 0.2) is 48.5 Å². The first-order valence-electron chi connectivity index (χ1n) is 9.35. The molecule has 1 aliphatic rings. The fourth-order valence-electron chi connectivity index (χ4n) is 3.65. The van der Waals surface area contributed by atoms with Gasteiger partial charge in [-0.25, -0.2) is 4.39 Å². The van der Waals surface area contributed by atoms with Crippen LogP contribution in [0.4, 0.5) is 4.39 Å². The van der Waals surface area contributed by atoms with Gasteiger partial charge in [0.1, 0.15) is 11.6 Å². The number of benzene rings is 2. The van der Waals surface area contributed by atoms with E-state index in [0.717, 1.165) is 29.7 Å². The molecule has 2 aromatic carbocycles. The van der Waals surface area contributed by atoms with Crippen molar-refractivity contribution in [2.45, 2.75) is 31.1 Å². The molecule has 1 heterocycles. The summed E-state index contributed by atoms with van der Waals surface area (Å²) in [6.07, 6.45) is 2.65. The van der Waals surface area contributed by atoms with Crippen LogP contribution in [0, 0.1) is 5.82 Å². The van der Waals surface area contributed by atoms with Crippen LogP contribution in [0.5, 0.6) is 5.75 Å². The molecule has 1 N–H and O–H groups in total. The van der Waals surface area contributed by atoms with Crippen molar-refractivity contribution in [2.24, 2.45) is 0 Å². The Morgan fingerprint density at radius 3 is 2.56 bits per heavy atom. The lowest BCUT2D eigenvalue weighted by atomic mass is 9.74. The van der Waals surface area contributed by atoms with Gasteiger partial charge in [-0.2, -0.15) is 0 Å². The number of amides is 1. The van der Waals surface area contributed by atoms with Crippen LogP contribution in [0.2, 0.25) is 0 Å². The summed E-state index contributed by atoms with van der Waals surface area (Å²) in [4.78, 5) is 12.4. The number of aryl methyl sites for hydroxylation is 1. The van der Waals surface area contributed by atoms with E-state index in [1.165, 1.54) is 12.1 Å². The van der Waals surface area contributed by atoms with E-state index in [1.54, 1.807) is 7.11 Å². The van der Waals surface area contributed by atoms with Gasteiger partial charge in [0.2, 0.25) is 5.91 Å². The Kier molecular flexibility index (Phi) is 6.45. The number of carbonyl (C=O) groups is 1. The molecular weight excluding hydrogens is 345 g/mol. The van der Waals surface area contributed by atoms with Gasteiger partial charge in [0.15, 0.2) is 0 Å². The molecule has 0 atom stereocenters. The monoisotopic (exact) mass is 371 g/mol. The lowest BCUT2D eigenvalue weighted by molar-refractivity contribution is -0.121. The smallest absolute Gasteiger partial charge is 0.220 e. The van der Waals surface area contributed by atoms with Gasteiger partial charge in [0.25, 0.3) is 0 Å². The van der Waals surface area contributed by atoms with Crippen LogP contribution >= 0.6 is 0 Å². The maximum atomic E-state index is 13.3. The van der Waals surface area contributed by atoms with E-state index in [1.807, 2.05) is 36.4 Å². The molecule has 1 amide bonds. The van der Waals surface area contributed by atoms with Crippen molar-refractivity contribution in [3.8, 4) is 5.75 Å². The molecule has 0 saturated carbocycles. The summed E-state index contributed by atoms with van der Waals surface area (Å²) in [7, 11) is 1.64. The average Bonchev–Trinajstić information content (AvgIpc) is 2.72. The summed E-state index contributed by atoms with van der Waals surface area (Å²) >= 11 is 0. The number of hydrogen-bond acceptors (Lipinski definition) is 3. The van der Waals surface area contributed by atoms with Crippen LogP contribution < -0.4 is 10.1 Å². The molecule has 0 aliphatic carbocycles. The minimum Gasteiger partial charge on any atom is -0.496 e. The maximum Gasteiger partial charge on any atom is 0.220 e. The Morgan fingerprint density at radius 2 is 1.85 bits per heavy atom. The maximum absolute atomic E-state index is 13.3. The van der Waals surface area contributed by atoms with Crippen molar-refractivity contribution in [1.82, 2.24) is 5.32 Å². The SMILES string of the molecule is COc1ccccc1CCC(=O)NCC1(c2ccc(F)cc2)CCOCC1. The fraction of sp³-hybridized carbons (Fsp3) is 0.409. The zero-order valence-corrected chi connectivity index (χ0v) is 15.7. The van der Waals surface area contributed by atoms with E-state index in [9.17, 15) is 9.18 Å². The third-order valence-electron chi connectivity index (χ3n) is 5.34. The highest BCUT2D eigenvalue weighted by Crippen LogP contribution is 2.34. The summed E-state index contributed by atoms with van der Waals surface area (Å²) in [5.41, 5.74) is 1.87. The number of halogens is 1. The molecule has 1 fully saturated rings. The van der Waals surface area contributed by atoms with Crippen molar-refractivity contribution < 1.29 is 18.7 Å². The Bertz CT molecular complexity index is 754. The minimum atomic E-state index is -0.248. The van der Waals surface area contributed by atoms with Gasteiger partial charge in [-0.1, -0.05) is 30.3 Å². The molecule has 2 aromatic rings. The van der Waals surface area contributed by atoms with Crippen molar-refractivity contribution in [1.29, 1.82) is 0 Å². The van der Waals surface area contributed by atoms with Gasteiger partial charge in [-0.3, -0.25) is 4.79 Å². The zero-order chi connectivity index (χ0) is 19.1. The lowest BCUT2D eigenvalue weighted by Gasteiger charge is -2.38. The summed E-state index contributed by atoms with van der Waals surface area (Å²) in [5.74, 6) is 0.563. The number of methoxy groups -OCH3 is 1. The van der Waals surface area contributed by atoms with Crippen LogP contribution in [-0.4, -0.2) is 32.8 Å². The average molecular weight is 371 g/mol.